The summed E-state index contributed by atoms with van der Waals surface area (Å²) in [4.78, 5) is 34.5. The fourth-order valence-electron chi connectivity index (χ4n) is 2.52. The zero-order valence-corrected chi connectivity index (χ0v) is 14.3. The number of thioether (sulfide) groups is 1. The molecule has 2 aromatic rings. The Morgan fingerprint density at radius 1 is 1.56 bits per heavy atom. The quantitative estimate of drug-likeness (QED) is 0.595. The molecule has 1 saturated heterocycles. The lowest BCUT2D eigenvalue weighted by molar-refractivity contribution is -0.118. The van der Waals surface area contributed by atoms with Gasteiger partial charge >= 0.3 is 0 Å². The first-order valence-electron chi connectivity index (χ1n) is 7.69. The van der Waals surface area contributed by atoms with Crippen LogP contribution in [0.25, 0.3) is 11.2 Å². The van der Waals surface area contributed by atoms with Gasteiger partial charge in [-0.15, -0.1) is 11.8 Å². The van der Waals surface area contributed by atoms with Crippen molar-refractivity contribution in [1.29, 1.82) is 0 Å². The number of hydrogen-bond donors (Lipinski definition) is 4. The Balaban J connectivity index is 2.01. The Morgan fingerprint density at radius 2 is 2.28 bits per heavy atom. The number of H-pyrrole nitrogens is 1. The summed E-state index contributed by atoms with van der Waals surface area (Å²) >= 11 is 1.04. The number of anilines is 1. The number of alkyl halides is 1. The van der Waals surface area contributed by atoms with E-state index in [4.69, 9.17) is 0 Å². The fourth-order valence-corrected chi connectivity index (χ4v) is 3.87. The third-order valence-electron chi connectivity index (χ3n) is 3.94. The van der Waals surface area contributed by atoms with Gasteiger partial charge in [-0.25, -0.2) is 9.37 Å². The molecule has 136 valence electrons. The molecule has 0 bridgehead atoms. The highest BCUT2D eigenvalue weighted by molar-refractivity contribution is 8.00. The second-order valence-electron chi connectivity index (χ2n) is 6.07. The van der Waals surface area contributed by atoms with E-state index in [1.807, 2.05) is 0 Å². The number of carbonyl (C=O) groups is 1. The molecule has 2 aromatic heterocycles. The number of hydrogen-bond acceptors (Lipinski definition) is 7. The molecule has 1 aliphatic heterocycles. The third kappa shape index (κ3) is 3.14. The SMILES string of the molecule is CC(C)C(=O)Nc1nc2c(ncn2[C@@H]2S[C@H](CO)[C@@H](F)[C@H]2O)c(=O)[nH]1. The predicted octanol–water partition coefficient (Wildman–Crippen LogP) is 0.0194. The van der Waals surface area contributed by atoms with Gasteiger partial charge in [0, 0.05) is 5.92 Å². The van der Waals surface area contributed by atoms with Gasteiger partial charge in [-0.1, -0.05) is 13.8 Å². The predicted molar refractivity (Wildman–Crippen MR) is 90.0 cm³/mol. The van der Waals surface area contributed by atoms with Crippen LogP contribution in [0, 0.1) is 5.92 Å². The summed E-state index contributed by atoms with van der Waals surface area (Å²) in [7, 11) is 0. The third-order valence-corrected chi connectivity index (χ3v) is 5.48. The Hall–Kier alpha value is -1.98. The Bertz CT molecular complexity index is 853. The van der Waals surface area contributed by atoms with Crippen molar-refractivity contribution in [3.05, 3.63) is 16.7 Å². The number of halogens is 1. The van der Waals surface area contributed by atoms with Crippen molar-refractivity contribution < 1.29 is 19.4 Å². The van der Waals surface area contributed by atoms with E-state index >= 15 is 0 Å². The molecule has 25 heavy (non-hydrogen) atoms. The number of imidazole rings is 1. The molecule has 0 saturated carbocycles. The number of nitrogens with zero attached hydrogens (tertiary/aromatic N) is 3. The van der Waals surface area contributed by atoms with Crippen LogP contribution < -0.4 is 10.9 Å². The van der Waals surface area contributed by atoms with Crippen LogP contribution in [-0.4, -0.2) is 59.8 Å². The molecule has 3 rings (SSSR count). The number of fused-ring (bicyclic) bond motifs is 1. The smallest absolute Gasteiger partial charge is 0.280 e. The van der Waals surface area contributed by atoms with Crippen LogP contribution in [-0.2, 0) is 4.79 Å². The number of nitrogens with one attached hydrogen (secondary N) is 2. The van der Waals surface area contributed by atoms with Crippen LogP contribution in [0.15, 0.2) is 11.1 Å². The fraction of sp³-hybridized carbons (Fsp3) is 0.571. The average Bonchev–Trinajstić information content (AvgIpc) is 3.10. The van der Waals surface area contributed by atoms with E-state index < -0.39 is 35.1 Å². The highest BCUT2D eigenvalue weighted by Gasteiger charge is 2.45. The van der Waals surface area contributed by atoms with E-state index in [0.717, 1.165) is 11.8 Å². The molecule has 0 unspecified atom stereocenters. The number of aliphatic hydroxyl groups excluding tert-OH is 2. The summed E-state index contributed by atoms with van der Waals surface area (Å²) in [6, 6.07) is 0. The van der Waals surface area contributed by atoms with Gasteiger partial charge in [-0.3, -0.25) is 24.5 Å². The second kappa shape index (κ2) is 6.73. The molecule has 11 heteroatoms. The summed E-state index contributed by atoms with van der Waals surface area (Å²) < 4.78 is 15.4. The monoisotopic (exact) mass is 371 g/mol. The zero-order chi connectivity index (χ0) is 18.3. The summed E-state index contributed by atoms with van der Waals surface area (Å²) in [6.07, 6.45) is -1.71. The largest absolute Gasteiger partial charge is 0.395 e. The van der Waals surface area contributed by atoms with Gasteiger partial charge in [0.15, 0.2) is 11.2 Å². The first-order chi connectivity index (χ1) is 11.8. The van der Waals surface area contributed by atoms with Crippen molar-refractivity contribution in [3.8, 4) is 0 Å². The first kappa shape index (κ1) is 17.8. The van der Waals surface area contributed by atoms with Gasteiger partial charge in [0.2, 0.25) is 11.9 Å². The molecule has 1 fully saturated rings. The van der Waals surface area contributed by atoms with Gasteiger partial charge in [-0.05, 0) is 0 Å². The lowest BCUT2D eigenvalue weighted by atomic mass is 10.1. The van der Waals surface area contributed by atoms with E-state index in [1.54, 1.807) is 13.8 Å². The minimum Gasteiger partial charge on any atom is -0.395 e. The number of amides is 1. The maximum absolute atomic E-state index is 14.0. The van der Waals surface area contributed by atoms with Gasteiger partial charge in [-0.2, -0.15) is 4.98 Å². The molecule has 9 nitrogen and oxygen atoms in total. The molecule has 0 spiro atoms. The number of aromatic amines is 1. The highest BCUT2D eigenvalue weighted by Crippen LogP contribution is 2.43. The van der Waals surface area contributed by atoms with Gasteiger partial charge in [0.05, 0.1) is 18.2 Å². The van der Waals surface area contributed by atoms with Crippen LogP contribution in [0.5, 0.6) is 0 Å². The molecule has 1 amide bonds. The van der Waals surface area contributed by atoms with E-state index in [9.17, 15) is 24.2 Å². The molecule has 0 aliphatic carbocycles. The van der Waals surface area contributed by atoms with Crippen LogP contribution in [0.3, 0.4) is 0 Å². The Labute approximate surface area is 145 Å². The minimum absolute atomic E-state index is 0.0122. The van der Waals surface area contributed by atoms with Crippen molar-refractivity contribution in [2.45, 2.75) is 36.7 Å². The molecular formula is C14H18FN5O4S. The topological polar surface area (TPSA) is 133 Å². The van der Waals surface area contributed by atoms with Gasteiger partial charge in [0.25, 0.3) is 5.56 Å². The number of aliphatic hydroxyl groups is 2. The lowest BCUT2D eigenvalue weighted by Gasteiger charge is -2.16. The Morgan fingerprint density at radius 3 is 2.88 bits per heavy atom. The van der Waals surface area contributed by atoms with E-state index in [1.165, 1.54) is 10.9 Å². The second-order valence-corrected chi connectivity index (χ2v) is 7.43. The maximum Gasteiger partial charge on any atom is 0.280 e. The van der Waals surface area contributed by atoms with Gasteiger partial charge < -0.3 is 10.2 Å². The van der Waals surface area contributed by atoms with Crippen molar-refractivity contribution in [3.63, 3.8) is 0 Å². The van der Waals surface area contributed by atoms with Crippen molar-refractivity contribution in [2.75, 3.05) is 11.9 Å². The van der Waals surface area contributed by atoms with Crippen LogP contribution >= 0.6 is 11.8 Å². The molecule has 3 heterocycles. The summed E-state index contributed by atoms with van der Waals surface area (Å²) in [6.45, 7) is 2.96. The van der Waals surface area contributed by atoms with Crippen molar-refractivity contribution >= 4 is 34.8 Å². The maximum atomic E-state index is 14.0. The zero-order valence-electron chi connectivity index (χ0n) is 13.5. The number of carbonyl (C=O) groups excluding carboxylic acids is 1. The molecule has 0 aromatic carbocycles. The van der Waals surface area contributed by atoms with Crippen molar-refractivity contribution in [2.24, 2.45) is 5.92 Å². The summed E-state index contributed by atoms with van der Waals surface area (Å²) in [5.41, 5.74) is -0.431. The highest BCUT2D eigenvalue weighted by atomic mass is 32.2. The number of rotatable bonds is 4. The van der Waals surface area contributed by atoms with E-state index in [-0.39, 0.29) is 28.9 Å². The standard InChI is InChI=1S/C14H18FN5O4S/c1-5(2)11(23)18-14-17-10-8(12(24)19-14)16-4-20(10)13-9(22)7(15)6(3-21)25-13/h4-7,9,13,21-22H,3H2,1-2H3,(H2,17,18,19,23,24)/t6-,7-,9-,13-/m1/s1. The van der Waals surface area contributed by atoms with Crippen LogP contribution in [0.1, 0.15) is 19.2 Å². The molecular weight excluding hydrogens is 353 g/mol. The lowest BCUT2D eigenvalue weighted by Crippen LogP contribution is -2.29. The van der Waals surface area contributed by atoms with Crippen LogP contribution in [0.4, 0.5) is 10.3 Å². The average molecular weight is 371 g/mol. The molecule has 4 atom stereocenters. The van der Waals surface area contributed by atoms with Crippen molar-refractivity contribution in [1.82, 2.24) is 19.5 Å². The molecule has 1 aliphatic rings. The van der Waals surface area contributed by atoms with E-state index in [0.29, 0.717) is 0 Å². The number of aromatic nitrogens is 4. The van der Waals surface area contributed by atoms with Crippen LogP contribution in [0.2, 0.25) is 0 Å². The summed E-state index contributed by atoms with van der Waals surface area (Å²) in [5.74, 6) is -0.685. The molecule has 4 N–H and O–H groups in total. The van der Waals surface area contributed by atoms with Gasteiger partial charge in [0.1, 0.15) is 17.6 Å². The normalized spacial score (nSPS) is 26.5. The Kier molecular flexibility index (Phi) is 4.80. The molecule has 0 radical (unpaired) electrons. The first-order valence-corrected chi connectivity index (χ1v) is 8.64. The minimum atomic E-state index is -1.61. The van der Waals surface area contributed by atoms with E-state index in [2.05, 4.69) is 20.3 Å². The summed E-state index contributed by atoms with van der Waals surface area (Å²) in [5, 5.41) is 20.2.